The van der Waals surface area contributed by atoms with E-state index in [1.165, 1.54) is 5.56 Å². The Morgan fingerprint density at radius 1 is 1.08 bits per heavy atom. The van der Waals surface area contributed by atoms with Crippen LogP contribution >= 0.6 is 0 Å². The van der Waals surface area contributed by atoms with E-state index in [0.29, 0.717) is 25.7 Å². The van der Waals surface area contributed by atoms with Crippen molar-refractivity contribution in [1.82, 2.24) is 4.90 Å². The number of aliphatic carboxylic acids is 2. The van der Waals surface area contributed by atoms with Crippen LogP contribution < -0.4 is 0 Å². The quantitative estimate of drug-likeness (QED) is 0.751. The van der Waals surface area contributed by atoms with E-state index in [-0.39, 0.29) is 6.42 Å². The van der Waals surface area contributed by atoms with Gasteiger partial charge in [0.25, 0.3) is 0 Å². The summed E-state index contributed by atoms with van der Waals surface area (Å²) < 4.78 is 0. The molecule has 1 aliphatic rings. The highest BCUT2D eigenvalue weighted by molar-refractivity contribution is 5.78. The zero-order valence-corrected chi connectivity index (χ0v) is 15.2. The number of benzene rings is 1. The molecule has 1 heterocycles. The van der Waals surface area contributed by atoms with Crippen LogP contribution in [-0.2, 0) is 16.1 Å². The molecule has 0 saturated carbocycles. The van der Waals surface area contributed by atoms with Crippen molar-refractivity contribution in [1.29, 1.82) is 0 Å². The van der Waals surface area contributed by atoms with Crippen LogP contribution in [0.5, 0.6) is 0 Å². The zero-order valence-electron chi connectivity index (χ0n) is 15.2. The lowest BCUT2D eigenvalue weighted by atomic mass is 9.54. The highest BCUT2D eigenvalue weighted by Crippen LogP contribution is 2.54. The van der Waals surface area contributed by atoms with Crippen molar-refractivity contribution in [3.8, 4) is 0 Å². The Bertz CT molecular complexity index is 587. The molecule has 0 atom stereocenters. The van der Waals surface area contributed by atoms with E-state index in [4.69, 9.17) is 0 Å². The molecule has 5 heteroatoms. The summed E-state index contributed by atoms with van der Waals surface area (Å²) in [7, 11) is 0. The van der Waals surface area contributed by atoms with Crippen molar-refractivity contribution in [2.75, 3.05) is 13.1 Å². The smallest absolute Gasteiger partial charge is 0.310 e. The molecule has 0 spiro atoms. The van der Waals surface area contributed by atoms with Crippen molar-refractivity contribution >= 4 is 11.9 Å². The maximum Gasteiger partial charge on any atom is 0.310 e. The van der Waals surface area contributed by atoms with Gasteiger partial charge in [-0.15, -0.1) is 0 Å². The van der Waals surface area contributed by atoms with Crippen molar-refractivity contribution in [3.05, 3.63) is 35.9 Å². The minimum absolute atomic E-state index is 0.0693. The van der Waals surface area contributed by atoms with Crippen LogP contribution in [0.25, 0.3) is 0 Å². The van der Waals surface area contributed by atoms with Gasteiger partial charge in [-0.05, 0) is 49.8 Å². The fourth-order valence-corrected chi connectivity index (χ4v) is 4.62. The Balaban J connectivity index is 2.20. The van der Waals surface area contributed by atoms with Crippen molar-refractivity contribution < 1.29 is 19.8 Å². The Morgan fingerprint density at radius 3 is 2.08 bits per heavy atom. The summed E-state index contributed by atoms with van der Waals surface area (Å²) in [6, 6.07) is 10.2. The van der Waals surface area contributed by atoms with Gasteiger partial charge in [-0.1, -0.05) is 44.2 Å². The maximum absolute atomic E-state index is 12.1. The van der Waals surface area contributed by atoms with E-state index < -0.39 is 22.8 Å². The molecule has 25 heavy (non-hydrogen) atoms. The molecule has 0 radical (unpaired) electrons. The minimum atomic E-state index is -0.968. The van der Waals surface area contributed by atoms with Crippen LogP contribution in [0.2, 0.25) is 0 Å². The average Bonchev–Trinajstić information content (AvgIpc) is 2.58. The first-order valence-electron chi connectivity index (χ1n) is 9.10. The molecule has 1 aromatic carbocycles. The fraction of sp³-hybridized carbons (Fsp3) is 0.600. The van der Waals surface area contributed by atoms with Crippen molar-refractivity contribution in [3.63, 3.8) is 0 Å². The van der Waals surface area contributed by atoms with E-state index >= 15 is 0 Å². The first kappa shape index (κ1) is 19.4. The van der Waals surface area contributed by atoms with Gasteiger partial charge in [0, 0.05) is 6.54 Å². The second kappa shape index (κ2) is 8.00. The fourth-order valence-electron chi connectivity index (χ4n) is 4.62. The van der Waals surface area contributed by atoms with Gasteiger partial charge in [-0.2, -0.15) is 0 Å². The topological polar surface area (TPSA) is 77.8 Å². The van der Waals surface area contributed by atoms with Crippen molar-refractivity contribution in [2.45, 2.75) is 52.5 Å². The molecule has 1 saturated heterocycles. The second-order valence-electron chi connectivity index (χ2n) is 7.21. The highest BCUT2D eigenvalue weighted by atomic mass is 16.4. The summed E-state index contributed by atoms with van der Waals surface area (Å²) in [6.07, 6.45) is 2.08. The Kier molecular flexibility index (Phi) is 6.22. The third-order valence-electron chi connectivity index (χ3n) is 6.18. The largest absolute Gasteiger partial charge is 0.481 e. The number of carboxylic acids is 2. The van der Waals surface area contributed by atoms with E-state index in [1.54, 1.807) is 0 Å². The molecule has 1 fully saturated rings. The summed E-state index contributed by atoms with van der Waals surface area (Å²) in [5, 5.41) is 19.4. The van der Waals surface area contributed by atoms with Gasteiger partial charge in [0.2, 0.25) is 0 Å². The van der Waals surface area contributed by atoms with E-state index in [1.807, 2.05) is 32.0 Å². The third-order valence-corrected chi connectivity index (χ3v) is 6.18. The Hall–Kier alpha value is -1.88. The zero-order chi connectivity index (χ0) is 18.5. The molecule has 5 nitrogen and oxygen atoms in total. The van der Waals surface area contributed by atoms with Crippen LogP contribution in [0.1, 0.15) is 51.5 Å². The molecule has 0 aliphatic carbocycles. The van der Waals surface area contributed by atoms with Gasteiger partial charge in [-0.3, -0.25) is 14.5 Å². The molecular weight excluding hydrogens is 318 g/mol. The van der Waals surface area contributed by atoms with Gasteiger partial charge in [0.15, 0.2) is 0 Å². The molecule has 0 aromatic heterocycles. The number of hydrogen-bond donors (Lipinski definition) is 2. The van der Waals surface area contributed by atoms with E-state index in [0.717, 1.165) is 19.6 Å². The number of carbonyl (C=O) groups is 2. The van der Waals surface area contributed by atoms with Crippen LogP contribution in [0.3, 0.4) is 0 Å². The van der Waals surface area contributed by atoms with Crippen LogP contribution in [-0.4, -0.2) is 40.1 Å². The first-order chi connectivity index (χ1) is 11.9. The summed E-state index contributed by atoms with van der Waals surface area (Å²) in [6.45, 7) is 6.03. The number of piperidine rings is 1. The molecule has 138 valence electrons. The minimum Gasteiger partial charge on any atom is -0.481 e. The van der Waals surface area contributed by atoms with Gasteiger partial charge in [0.1, 0.15) is 0 Å². The third kappa shape index (κ3) is 3.87. The molecule has 0 amide bonds. The predicted molar refractivity (Wildman–Crippen MR) is 96.3 cm³/mol. The lowest BCUT2D eigenvalue weighted by Gasteiger charge is -2.51. The number of rotatable bonds is 8. The standard InChI is InChI=1S/C20H29NO4/c1-3-20(4-2,18(24)25)19(14-17(22)23)10-12-21(13-11-19)15-16-8-6-5-7-9-16/h5-9H,3-4,10-15H2,1-2H3,(H,22,23)(H,24,25). The SMILES string of the molecule is CCC(CC)(C(=O)O)C1(CC(=O)O)CCN(Cc2ccccc2)CC1. The van der Waals surface area contributed by atoms with Gasteiger partial charge in [-0.25, -0.2) is 0 Å². The lowest BCUT2D eigenvalue weighted by Crippen LogP contribution is -2.54. The molecule has 0 unspecified atom stereocenters. The van der Waals surface area contributed by atoms with Crippen LogP contribution in [0, 0.1) is 10.8 Å². The monoisotopic (exact) mass is 347 g/mol. The van der Waals surface area contributed by atoms with Crippen molar-refractivity contribution in [2.24, 2.45) is 10.8 Å². The summed E-state index contributed by atoms with van der Waals surface area (Å²) >= 11 is 0. The summed E-state index contributed by atoms with van der Waals surface area (Å²) in [5.41, 5.74) is -0.422. The van der Waals surface area contributed by atoms with Crippen LogP contribution in [0.4, 0.5) is 0 Å². The van der Waals surface area contributed by atoms with Gasteiger partial charge < -0.3 is 10.2 Å². The average molecular weight is 347 g/mol. The van der Waals surface area contributed by atoms with Gasteiger partial charge in [0.05, 0.1) is 11.8 Å². The second-order valence-corrected chi connectivity index (χ2v) is 7.21. The Morgan fingerprint density at radius 2 is 1.64 bits per heavy atom. The maximum atomic E-state index is 12.1. The summed E-state index contributed by atoms with van der Waals surface area (Å²) in [4.78, 5) is 26.0. The number of carboxylic acid groups (broad SMARTS) is 2. The normalized spacial score (nSPS) is 18.0. The predicted octanol–water partition coefficient (Wildman–Crippen LogP) is 3.63. The molecule has 1 aromatic rings. The molecule has 2 rings (SSSR count). The number of likely N-dealkylation sites (tertiary alicyclic amines) is 1. The van der Waals surface area contributed by atoms with Gasteiger partial charge >= 0.3 is 11.9 Å². The highest BCUT2D eigenvalue weighted by Gasteiger charge is 2.55. The molecular formula is C20H29NO4. The molecule has 1 aliphatic heterocycles. The lowest BCUT2D eigenvalue weighted by molar-refractivity contribution is -0.168. The number of hydrogen-bond acceptors (Lipinski definition) is 3. The molecule has 2 N–H and O–H groups in total. The molecule has 0 bridgehead atoms. The van der Waals surface area contributed by atoms with Crippen LogP contribution in [0.15, 0.2) is 30.3 Å². The van der Waals surface area contributed by atoms with E-state index in [2.05, 4.69) is 17.0 Å². The summed E-state index contributed by atoms with van der Waals surface area (Å²) in [5.74, 6) is -1.75. The first-order valence-corrected chi connectivity index (χ1v) is 9.10. The van der Waals surface area contributed by atoms with E-state index in [9.17, 15) is 19.8 Å². The number of nitrogens with zero attached hydrogens (tertiary/aromatic N) is 1. The Labute approximate surface area is 149 Å².